The quantitative estimate of drug-likeness (QED) is 0.522. The van der Waals surface area contributed by atoms with Crippen LogP contribution in [0.5, 0.6) is 0 Å². The second-order valence-electron chi connectivity index (χ2n) is 9.22. The summed E-state index contributed by atoms with van der Waals surface area (Å²) in [6.07, 6.45) is 12.4. The Morgan fingerprint density at radius 1 is 1.06 bits per heavy atom. The van der Waals surface area contributed by atoms with Crippen LogP contribution in [0.15, 0.2) is 49.1 Å². The molecule has 3 aromatic rings. The van der Waals surface area contributed by atoms with Gasteiger partial charge in [0.05, 0.1) is 11.1 Å². The average molecular weight is 448 g/mol. The summed E-state index contributed by atoms with van der Waals surface area (Å²) in [6.45, 7) is 6.50. The minimum atomic E-state index is -0.0478. The smallest absolute Gasteiger partial charge is 0.255 e. The Balaban J connectivity index is 1.13. The predicted octanol–water partition coefficient (Wildman–Crippen LogP) is 4.31. The molecule has 7 heteroatoms. The minimum Gasteiger partial charge on any atom is -0.352 e. The van der Waals surface area contributed by atoms with E-state index in [9.17, 15) is 9.59 Å². The van der Waals surface area contributed by atoms with Crippen molar-refractivity contribution in [1.29, 1.82) is 0 Å². The fraction of sp³-hybridized carbons (Fsp3) is 0.462. The predicted molar refractivity (Wildman–Crippen MR) is 128 cm³/mol. The summed E-state index contributed by atoms with van der Waals surface area (Å²) in [5.41, 5.74) is 3.17. The number of nitrogens with one attached hydrogen (secondary N) is 1. The summed E-state index contributed by atoms with van der Waals surface area (Å²) >= 11 is 0. The number of nitrogens with zero attached hydrogens (tertiary/aromatic N) is 4. The van der Waals surface area contributed by atoms with E-state index in [4.69, 9.17) is 0 Å². The maximum Gasteiger partial charge on any atom is 0.255 e. The number of pyridine rings is 2. The van der Waals surface area contributed by atoms with E-state index in [-0.39, 0.29) is 11.8 Å². The second-order valence-corrected chi connectivity index (χ2v) is 9.22. The van der Waals surface area contributed by atoms with Crippen LogP contribution in [0.4, 0.5) is 0 Å². The van der Waals surface area contributed by atoms with Crippen molar-refractivity contribution in [2.24, 2.45) is 5.92 Å². The van der Waals surface area contributed by atoms with Crippen LogP contribution in [0, 0.1) is 5.92 Å². The fourth-order valence-electron chi connectivity index (χ4n) is 4.40. The Hall–Kier alpha value is -3.22. The largest absolute Gasteiger partial charge is 0.352 e. The van der Waals surface area contributed by atoms with Crippen LogP contribution in [-0.2, 0) is 0 Å². The van der Waals surface area contributed by atoms with Gasteiger partial charge in [0.2, 0.25) is 0 Å². The summed E-state index contributed by atoms with van der Waals surface area (Å²) < 4.78 is 1.85. The van der Waals surface area contributed by atoms with Crippen LogP contribution in [0.3, 0.4) is 0 Å². The van der Waals surface area contributed by atoms with Crippen molar-refractivity contribution in [1.82, 2.24) is 24.6 Å². The maximum atomic E-state index is 12.8. The highest BCUT2D eigenvalue weighted by Gasteiger charge is 2.23. The number of hydrogen-bond acceptors (Lipinski definition) is 4. The van der Waals surface area contributed by atoms with Crippen molar-refractivity contribution in [3.63, 3.8) is 0 Å². The van der Waals surface area contributed by atoms with Gasteiger partial charge in [-0.2, -0.15) is 0 Å². The second kappa shape index (κ2) is 10.6. The molecule has 0 saturated carbocycles. The highest BCUT2D eigenvalue weighted by Crippen LogP contribution is 2.24. The monoisotopic (exact) mass is 447 g/mol. The number of carbonyl (C=O) groups excluding carboxylic acids is 2. The van der Waals surface area contributed by atoms with Crippen LogP contribution in [0.2, 0.25) is 0 Å². The number of amides is 2. The van der Waals surface area contributed by atoms with E-state index in [0.29, 0.717) is 29.5 Å². The van der Waals surface area contributed by atoms with E-state index in [0.717, 1.165) is 56.5 Å². The molecule has 7 nitrogen and oxygen atoms in total. The first kappa shape index (κ1) is 23.0. The molecule has 0 atom stereocenters. The topological polar surface area (TPSA) is 79.6 Å². The lowest BCUT2D eigenvalue weighted by Gasteiger charge is -2.32. The summed E-state index contributed by atoms with van der Waals surface area (Å²) in [5.74, 6) is 1.06. The first-order chi connectivity index (χ1) is 16.0. The highest BCUT2D eigenvalue weighted by molar-refractivity contribution is 5.94. The van der Waals surface area contributed by atoms with E-state index >= 15 is 0 Å². The molecule has 174 valence electrons. The fourth-order valence-corrected chi connectivity index (χ4v) is 4.40. The number of carbonyl (C=O) groups is 2. The normalized spacial score (nSPS) is 14.7. The van der Waals surface area contributed by atoms with Gasteiger partial charge in [-0.15, -0.1) is 0 Å². The molecule has 1 fully saturated rings. The number of imidazole rings is 1. The maximum absolute atomic E-state index is 12.8. The summed E-state index contributed by atoms with van der Waals surface area (Å²) in [6, 6.07) is 7.52. The van der Waals surface area contributed by atoms with Crippen molar-refractivity contribution < 1.29 is 9.59 Å². The van der Waals surface area contributed by atoms with E-state index < -0.39 is 0 Å². The van der Waals surface area contributed by atoms with Gasteiger partial charge in [-0.05, 0) is 55.4 Å². The SMILES string of the molecule is CC(C)c1ccc(C(=O)N2CCC(CCCCNC(=O)c3ccc4nccn4c3)CC2)cn1. The first-order valence-electron chi connectivity index (χ1n) is 12.0. The molecular formula is C26H33N5O2. The van der Waals surface area contributed by atoms with Crippen molar-refractivity contribution in [3.8, 4) is 0 Å². The molecule has 0 aromatic carbocycles. The van der Waals surface area contributed by atoms with Crippen LogP contribution >= 0.6 is 0 Å². The standard InChI is InChI=1S/C26H33N5O2/c1-19(2)23-8-6-21(17-29-23)26(33)30-14-10-20(11-15-30)5-3-4-12-28-25(32)22-7-9-24-27-13-16-31(24)18-22/h6-9,13,16-20H,3-5,10-12,14-15H2,1-2H3,(H,28,32). The Morgan fingerprint density at radius 3 is 2.58 bits per heavy atom. The zero-order valence-corrected chi connectivity index (χ0v) is 19.5. The van der Waals surface area contributed by atoms with Gasteiger partial charge < -0.3 is 14.6 Å². The molecule has 1 aliphatic rings. The average Bonchev–Trinajstić information content (AvgIpc) is 3.32. The number of hydrogen-bond donors (Lipinski definition) is 1. The molecule has 1 saturated heterocycles. The van der Waals surface area contributed by atoms with Crippen molar-refractivity contribution >= 4 is 17.5 Å². The van der Waals surface area contributed by atoms with E-state index in [1.54, 1.807) is 12.4 Å². The molecule has 0 bridgehead atoms. The van der Waals surface area contributed by atoms with Gasteiger partial charge in [0, 0.05) is 50.1 Å². The summed E-state index contributed by atoms with van der Waals surface area (Å²) in [4.78, 5) is 35.7. The van der Waals surface area contributed by atoms with Crippen molar-refractivity contribution in [3.05, 3.63) is 65.9 Å². The van der Waals surface area contributed by atoms with Gasteiger partial charge in [0.15, 0.2) is 0 Å². The van der Waals surface area contributed by atoms with Crippen molar-refractivity contribution in [2.45, 2.75) is 51.9 Å². The Kier molecular flexibility index (Phi) is 7.37. The van der Waals surface area contributed by atoms with Gasteiger partial charge in [0.25, 0.3) is 11.8 Å². The first-order valence-corrected chi connectivity index (χ1v) is 12.0. The van der Waals surface area contributed by atoms with Crippen LogP contribution in [0.1, 0.15) is 78.3 Å². The molecule has 1 aliphatic heterocycles. The van der Waals surface area contributed by atoms with Gasteiger partial charge in [-0.25, -0.2) is 4.98 Å². The molecule has 2 amide bonds. The molecule has 0 aliphatic carbocycles. The number of piperidine rings is 1. The molecule has 0 unspecified atom stereocenters. The third-order valence-electron chi connectivity index (χ3n) is 6.50. The molecule has 4 rings (SSSR count). The van der Waals surface area contributed by atoms with E-state index in [1.165, 1.54) is 0 Å². The van der Waals surface area contributed by atoms with Gasteiger partial charge in [0.1, 0.15) is 5.65 Å². The zero-order chi connectivity index (χ0) is 23.2. The molecule has 0 radical (unpaired) electrons. The Labute approximate surface area is 195 Å². The molecule has 0 spiro atoms. The molecule has 33 heavy (non-hydrogen) atoms. The number of unbranched alkanes of at least 4 members (excludes halogenated alkanes) is 1. The lowest BCUT2D eigenvalue weighted by molar-refractivity contribution is 0.0685. The third-order valence-corrected chi connectivity index (χ3v) is 6.50. The van der Waals surface area contributed by atoms with Gasteiger partial charge in [-0.3, -0.25) is 14.6 Å². The van der Waals surface area contributed by atoms with Crippen LogP contribution in [0.25, 0.3) is 5.65 Å². The van der Waals surface area contributed by atoms with Crippen LogP contribution in [-0.4, -0.2) is 50.7 Å². The number of rotatable bonds is 8. The lowest BCUT2D eigenvalue weighted by atomic mass is 9.91. The van der Waals surface area contributed by atoms with Crippen molar-refractivity contribution in [2.75, 3.05) is 19.6 Å². The molecule has 3 aromatic heterocycles. The van der Waals surface area contributed by atoms with Crippen LogP contribution < -0.4 is 5.32 Å². The van der Waals surface area contributed by atoms with Gasteiger partial charge >= 0.3 is 0 Å². The highest BCUT2D eigenvalue weighted by atomic mass is 16.2. The summed E-state index contributed by atoms with van der Waals surface area (Å²) in [5, 5.41) is 3.01. The molecular weight excluding hydrogens is 414 g/mol. The van der Waals surface area contributed by atoms with E-state index in [1.807, 2.05) is 46.0 Å². The van der Waals surface area contributed by atoms with E-state index in [2.05, 4.69) is 29.1 Å². The molecule has 1 N–H and O–H groups in total. The number of aromatic nitrogens is 3. The lowest BCUT2D eigenvalue weighted by Crippen LogP contribution is -2.38. The Bertz CT molecular complexity index is 1080. The zero-order valence-electron chi connectivity index (χ0n) is 19.5. The Morgan fingerprint density at radius 2 is 1.85 bits per heavy atom. The minimum absolute atomic E-state index is 0.0478. The third kappa shape index (κ3) is 5.78. The molecule has 4 heterocycles. The number of fused-ring (bicyclic) bond motifs is 1. The number of likely N-dealkylation sites (tertiary alicyclic amines) is 1. The summed E-state index contributed by atoms with van der Waals surface area (Å²) in [7, 11) is 0. The van der Waals surface area contributed by atoms with Gasteiger partial charge in [-0.1, -0.05) is 26.7 Å².